The lowest BCUT2D eigenvalue weighted by atomic mass is 9.45. The van der Waals surface area contributed by atoms with Gasteiger partial charge in [0, 0.05) is 37.0 Å². The van der Waals surface area contributed by atoms with Crippen LogP contribution in [0, 0.1) is 28.6 Å². The minimum atomic E-state index is -1.93. The number of carbonyl (C=O) groups is 4. The van der Waals surface area contributed by atoms with Crippen molar-refractivity contribution in [3.05, 3.63) is 35.9 Å². The quantitative estimate of drug-likeness (QED) is 0.267. The monoisotopic (exact) mass is 560 g/mol. The molecule has 1 aromatic carbocycles. The van der Waals surface area contributed by atoms with Gasteiger partial charge in [0.15, 0.2) is 0 Å². The van der Waals surface area contributed by atoms with Gasteiger partial charge in [0.2, 0.25) is 11.6 Å². The minimum Gasteiger partial charge on any atom is -0.463 e. The third kappa shape index (κ3) is 4.89. The Morgan fingerprint density at radius 3 is 2.30 bits per heavy atom. The van der Waals surface area contributed by atoms with E-state index in [1.807, 2.05) is 0 Å². The Kier molecular flexibility index (Phi) is 8.31. The predicted octanol–water partition coefficient (Wildman–Crippen LogP) is 1.86. The molecule has 0 saturated heterocycles. The molecular formula is C30H40O10. The van der Waals surface area contributed by atoms with E-state index in [4.69, 9.17) is 14.2 Å². The van der Waals surface area contributed by atoms with E-state index in [9.17, 15) is 34.5 Å². The zero-order chi connectivity index (χ0) is 29.6. The molecule has 2 bridgehead atoms. The van der Waals surface area contributed by atoms with Crippen molar-refractivity contribution in [2.45, 2.75) is 83.9 Å². The van der Waals surface area contributed by atoms with E-state index in [1.165, 1.54) is 13.8 Å². The topological polar surface area (TPSA) is 157 Å². The van der Waals surface area contributed by atoms with Gasteiger partial charge in [-0.25, -0.2) is 4.79 Å². The highest BCUT2D eigenvalue weighted by Crippen LogP contribution is 2.60. The van der Waals surface area contributed by atoms with Gasteiger partial charge in [0.1, 0.15) is 18.3 Å². The Labute approximate surface area is 234 Å². The number of ketones is 2. The fourth-order valence-electron chi connectivity index (χ4n) is 7.30. The van der Waals surface area contributed by atoms with Crippen LogP contribution >= 0.6 is 0 Å². The van der Waals surface area contributed by atoms with E-state index in [-0.39, 0.29) is 38.0 Å². The molecule has 0 aromatic heterocycles. The Balaban J connectivity index is 1.82. The summed E-state index contributed by atoms with van der Waals surface area (Å²) in [6, 6.07) is 8.19. The molecule has 0 aliphatic heterocycles. The fourth-order valence-corrected chi connectivity index (χ4v) is 7.30. The summed E-state index contributed by atoms with van der Waals surface area (Å²) in [6.07, 6.45) is -4.66. The summed E-state index contributed by atoms with van der Waals surface area (Å²) in [4.78, 5) is 52.5. The molecule has 3 fully saturated rings. The smallest absolute Gasteiger partial charge is 0.338 e. The summed E-state index contributed by atoms with van der Waals surface area (Å²) in [7, 11) is 0. The minimum absolute atomic E-state index is 0.0100. The molecule has 220 valence electrons. The highest BCUT2D eigenvalue weighted by molar-refractivity contribution is 6.40. The van der Waals surface area contributed by atoms with E-state index in [1.54, 1.807) is 51.1 Å². The maximum atomic E-state index is 14.0. The average molecular weight is 561 g/mol. The third-order valence-corrected chi connectivity index (χ3v) is 9.83. The van der Waals surface area contributed by atoms with Crippen LogP contribution in [-0.4, -0.2) is 82.1 Å². The zero-order valence-corrected chi connectivity index (χ0v) is 23.7. The van der Waals surface area contributed by atoms with Crippen molar-refractivity contribution < 1.29 is 48.7 Å². The number of rotatable bonds is 6. The molecular weight excluding hydrogens is 520 g/mol. The molecule has 9 atom stereocenters. The Hall–Kier alpha value is -2.66. The SMILES string of the molecule is CC(=O)OCCOC1CC(O)C2(C)C(=O)C(=O)C3C(C)C(O)CC(O)(C(OC(=O)c4ccccc4)C2C1)C3(C)C. The molecule has 3 aliphatic carbocycles. The number of fused-ring (bicyclic) bond motifs is 3. The molecule has 3 N–H and O–H groups in total. The molecule has 4 rings (SSSR count). The number of hydrogen-bond donors (Lipinski definition) is 3. The van der Waals surface area contributed by atoms with Gasteiger partial charge in [-0.1, -0.05) is 39.0 Å². The first-order valence-corrected chi connectivity index (χ1v) is 13.8. The molecule has 9 unspecified atom stereocenters. The van der Waals surface area contributed by atoms with Crippen LogP contribution in [0.1, 0.15) is 64.2 Å². The van der Waals surface area contributed by atoms with Crippen LogP contribution in [0.3, 0.4) is 0 Å². The summed E-state index contributed by atoms with van der Waals surface area (Å²) in [6.45, 7) is 7.74. The molecule has 3 aliphatic rings. The molecule has 40 heavy (non-hydrogen) atoms. The largest absolute Gasteiger partial charge is 0.463 e. The van der Waals surface area contributed by atoms with Gasteiger partial charge in [-0.2, -0.15) is 0 Å². The average Bonchev–Trinajstić information content (AvgIpc) is 2.89. The zero-order valence-electron chi connectivity index (χ0n) is 23.7. The van der Waals surface area contributed by atoms with Gasteiger partial charge in [-0.05, 0) is 31.4 Å². The van der Waals surface area contributed by atoms with Gasteiger partial charge < -0.3 is 29.5 Å². The molecule has 0 spiro atoms. The van der Waals surface area contributed by atoms with Gasteiger partial charge in [-0.15, -0.1) is 0 Å². The van der Waals surface area contributed by atoms with Crippen LogP contribution in [0.15, 0.2) is 30.3 Å². The first-order chi connectivity index (χ1) is 18.7. The molecule has 10 nitrogen and oxygen atoms in total. The van der Waals surface area contributed by atoms with Gasteiger partial charge in [-0.3, -0.25) is 14.4 Å². The Bertz CT molecular complexity index is 1150. The molecule has 0 radical (unpaired) electrons. The maximum Gasteiger partial charge on any atom is 0.338 e. The van der Waals surface area contributed by atoms with Crippen LogP contribution in [0.4, 0.5) is 0 Å². The lowest BCUT2D eigenvalue weighted by Crippen LogP contribution is -2.74. The standard InChI is InChI=1S/C30H40O10/c1-16-21(32)15-30(37)26(40-27(36)18-9-7-6-8-10-18)20-13-19(39-12-11-38-17(2)31)14-22(33)29(20,5)25(35)24(34)23(16)28(30,3)4/h6-10,16,19-23,26,32-33,37H,11-15H2,1-5H3. The van der Waals surface area contributed by atoms with Gasteiger partial charge >= 0.3 is 11.9 Å². The second kappa shape index (κ2) is 11.0. The lowest BCUT2D eigenvalue weighted by Gasteiger charge is -2.62. The van der Waals surface area contributed by atoms with E-state index in [0.717, 1.165) is 0 Å². The second-order valence-corrected chi connectivity index (χ2v) is 12.3. The Morgan fingerprint density at radius 2 is 1.68 bits per heavy atom. The maximum absolute atomic E-state index is 14.0. The van der Waals surface area contributed by atoms with E-state index >= 15 is 0 Å². The molecule has 10 heteroatoms. The van der Waals surface area contributed by atoms with Crippen molar-refractivity contribution in [2.75, 3.05) is 13.2 Å². The highest BCUT2D eigenvalue weighted by Gasteiger charge is 2.71. The van der Waals surface area contributed by atoms with Crippen molar-refractivity contribution in [3.63, 3.8) is 0 Å². The summed E-state index contributed by atoms with van der Waals surface area (Å²) in [5.41, 5.74) is -4.69. The number of benzene rings is 1. The third-order valence-electron chi connectivity index (χ3n) is 9.83. The van der Waals surface area contributed by atoms with E-state index in [0.29, 0.717) is 0 Å². The number of aliphatic hydroxyl groups is 3. The predicted molar refractivity (Wildman–Crippen MR) is 141 cm³/mol. The number of esters is 2. The van der Waals surface area contributed by atoms with Gasteiger partial charge in [0.25, 0.3) is 0 Å². The van der Waals surface area contributed by atoms with E-state index < -0.39 is 82.1 Å². The number of aliphatic hydroxyl groups excluding tert-OH is 2. The van der Waals surface area contributed by atoms with Crippen molar-refractivity contribution in [2.24, 2.45) is 28.6 Å². The van der Waals surface area contributed by atoms with E-state index in [2.05, 4.69) is 0 Å². The molecule has 0 heterocycles. The number of hydrogen-bond acceptors (Lipinski definition) is 10. The first kappa shape index (κ1) is 30.3. The number of Topliss-reactive ketones (excluding diaryl/α,β-unsaturated/α-hetero) is 2. The van der Waals surface area contributed by atoms with Crippen molar-refractivity contribution in [3.8, 4) is 0 Å². The Morgan fingerprint density at radius 1 is 1.02 bits per heavy atom. The fraction of sp³-hybridized carbons (Fsp3) is 0.667. The van der Waals surface area contributed by atoms with Crippen LogP contribution < -0.4 is 0 Å². The van der Waals surface area contributed by atoms with Crippen molar-refractivity contribution >= 4 is 23.5 Å². The number of carbonyl (C=O) groups excluding carboxylic acids is 4. The van der Waals surface area contributed by atoms with Crippen molar-refractivity contribution in [1.82, 2.24) is 0 Å². The summed E-state index contributed by atoms with van der Waals surface area (Å²) >= 11 is 0. The second-order valence-electron chi connectivity index (χ2n) is 12.3. The van der Waals surface area contributed by atoms with Crippen molar-refractivity contribution in [1.29, 1.82) is 0 Å². The number of ether oxygens (including phenoxy) is 3. The molecule has 3 saturated carbocycles. The summed E-state index contributed by atoms with van der Waals surface area (Å²) < 4.78 is 16.9. The van der Waals surface area contributed by atoms with Gasteiger partial charge in [0.05, 0.1) is 35.9 Å². The normalized spacial score (nSPS) is 39.0. The highest BCUT2D eigenvalue weighted by atomic mass is 16.6. The van der Waals surface area contributed by atoms with Crippen LogP contribution in [0.25, 0.3) is 0 Å². The summed E-state index contributed by atoms with van der Waals surface area (Å²) in [5, 5.41) is 35.0. The first-order valence-electron chi connectivity index (χ1n) is 13.8. The van der Waals surface area contributed by atoms with Crippen LogP contribution in [-0.2, 0) is 28.6 Å². The van der Waals surface area contributed by atoms with Crippen LogP contribution in [0.2, 0.25) is 0 Å². The van der Waals surface area contributed by atoms with Crippen LogP contribution in [0.5, 0.6) is 0 Å². The molecule has 1 aromatic rings. The molecule has 0 amide bonds. The lowest BCUT2D eigenvalue weighted by molar-refractivity contribution is -0.258. The summed E-state index contributed by atoms with van der Waals surface area (Å²) in [5.74, 6) is -5.56.